The van der Waals surface area contributed by atoms with E-state index in [1.54, 1.807) is 31.3 Å². The molecule has 344 valence electrons. The van der Waals surface area contributed by atoms with Gasteiger partial charge in [0.05, 0.1) is 39.7 Å². The van der Waals surface area contributed by atoms with Gasteiger partial charge in [0.15, 0.2) is 0 Å². The van der Waals surface area contributed by atoms with Gasteiger partial charge in [-0.3, -0.25) is 19.3 Å². The van der Waals surface area contributed by atoms with Crippen molar-refractivity contribution in [2.24, 2.45) is 5.92 Å². The van der Waals surface area contributed by atoms with Crippen molar-refractivity contribution in [3.05, 3.63) is 124 Å². The number of aromatic nitrogens is 4. The highest BCUT2D eigenvalue weighted by Crippen LogP contribution is 2.38. The van der Waals surface area contributed by atoms with Crippen molar-refractivity contribution in [2.75, 3.05) is 37.7 Å². The molecule has 0 atom stereocenters. The lowest BCUT2D eigenvalue weighted by molar-refractivity contribution is -0.129. The van der Waals surface area contributed by atoms with Gasteiger partial charge in [0.2, 0.25) is 5.91 Å². The molecule has 13 heteroatoms. The lowest BCUT2D eigenvalue weighted by Gasteiger charge is -2.33. The molecule has 6 aromatic rings. The quantitative estimate of drug-likeness (QED) is 0.135. The molecule has 3 fully saturated rings. The van der Waals surface area contributed by atoms with Gasteiger partial charge in [-0.15, -0.1) is 0 Å². The number of halogens is 1. The number of rotatable bonds is 11. The van der Waals surface area contributed by atoms with E-state index in [0.29, 0.717) is 40.4 Å². The number of nitriles is 1. The van der Waals surface area contributed by atoms with Crippen molar-refractivity contribution in [1.29, 1.82) is 5.26 Å². The fourth-order valence-corrected chi connectivity index (χ4v) is 10.7. The lowest BCUT2D eigenvalue weighted by atomic mass is 9.90. The van der Waals surface area contributed by atoms with E-state index < -0.39 is 0 Å². The summed E-state index contributed by atoms with van der Waals surface area (Å²) < 4.78 is 14.1. The molecule has 3 aromatic carbocycles. The smallest absolute Gasteiger partial charge is 0.253 e. The summed E-state index contributed by atoms with van der Waals surface area (Å²) in [6.45, 7) is 6.36. The van der Waals surface area contributed by atoms with Crippen molar-refractivity contribution in [2.45, 2.75) is 102 Å². The summed E-state index contributed by atoms with van der Waals surface area (Å²) >= 11 is 6.18. The fraction of sp³-hybridized carbons (Fsp3) is 0.407. The highest BCUT2D eigenvalue weighted by atomic mass is 35.5. The first kappa shape index (κ1) is 44.5. The van der Waals surface area contributed by atoms with Crippen LogP contribution in [0.2, 0.25) is 5.02 Å². The molecule has 3 aromatic heterocycles. The molecule has 6 heterocycles. The summed E-state index contributed by atoms with van der Waals surface area (Å²) in [4.78, 5) is 39.6. The molecule has 2 amide bonds. The van der Waals surface area contributed by atoms with Crippen LogP contribution in [0.3, 0.4) is 0 Å². The molecule has 1 aliphatic carbocycles. The fourth-order valence-electron chi connectivity index (χ4n) is 10.5. The maximum atomic E-state index is 13.1. The Morgan fingerprint density at radius 2 is 1.70 bits per heavy atom. The molecule has 1 N–H and O–H groups in total. The third-order valence-corrected chi connectivity index (χ3v) is 14.8. The molecule has 0 unspecified atom stereocenters. The van der Waals surface area contributed by atoms with Crippen LogP contribution >= 0.6 is 11.6 Å². The van der Waals surface area contributed by atoms with Crippen molar-refractivity contribution >= 4 is 40.0 Å². The van der Waals surface area contributed by atoms with Gasteiger partial charge < -0.3 is 24.6 Å². The van der Waals surface area contributed by atoms with Gasteiger partial charge in [0.25, 0.3) is 5.91 Å². The van der Waals surface area contributed by atoms with Crippen LogP contribution in [0.15, 0.2) is 91.3 Å². The number of nitrogens with one attached hydrogen (secondary N) is 1. The van der Waals surface area contributed by atoms with Gasteiger partial charge >= 0.3 is 0 Å². The zero-order valence-electron chi connectivity index (χ0n) is 38.1. The van der Waals surface area contributed by atoms with Gasteiger partial charge in [-0.25, -0.2) is 4.98 Å². The van der Waals surface area contributed by atoms with Crippen LogP contribution in [0, 0.1) is 17.2 Å². The topological polar surface area (TPSA) is 138 Å². The highest BCUT2D eigenvalue weighted by Gasteiger charge is 2.31. The molecule has 67 heavy (non-hydrogen) atoms. The standard InChI is InChI=1S/C54H57ClN8O4/c1-35(64)62-26-21-51-48(34-62)53(60-63(51)43-22-27-66-28-23-43)46-4-2-3-39-29-50(57-33-47(39)46)38-9-7-36(8-10-38)5-6-37-19-24-61(25-20-37)52-18-12-41(32-58-52)54(65)59-42-13-16-44(17-14-42)67-45-15-11-40(31-56)49(55)30-45/h2-4,7-12,15,18,29-30,32-33,37,42-44H,5-6,13-14,16-17,19-28,34H2,1H3,(H,59,65). The summed E-state index contributed by atoms with van der Waals surface area (Å²) in [5.41, 5.74) is 8.82. The molecule has 10 rings (SSSR count). The number of carbonyl (C=O) groups is 2. The van der Waals surface area contributed by atoms with Crippen LogP contribution in [-0.2, 0) is 28.9 Å². The Hall–Kier alpha value is -6.29. The molecule has 12 nitrogen and oxygen atoms in total. The zero-order chi connectivity index (χ0) is 45.9. The summed E-state index contributed by atoms with van der Waals surface area (Å²) in [5.74, 6) is 2.24. The molecule has 0 spiro atoms. The molecule has 0 radical (unpaired) electrons. The minimum atomic E-state index is -0.0925. The van der Waals surface area contributed by atoms with E-state index in [1.165, 1.54) is 11.3 Å². The van der Waals surface area contributed by atoms with E-state index in [-0.39, 0.29) is 24.0 Å². The number of anilines is 1. The van der Waals surface area contributed by atoms with Crippen molar-refractivity contribution < 1.29 is 19.1 Å². The Labute approximate surface area is 397 Å². The van der Waals surface area contributed by atoms with Gasteiger partial charge in [-0.05, 0) is 111 Å². The van der Waals surface area contributed by atoms with Crippen LogP contribution in [0.25, 0.3) is 33.3 Å². The third kappa shape index (κ3) is 9.90. The van der Waals surface area contributed by atoms with E-state index in [1.807, 2.05) is 23.2 Å². The zero-order valence-corrected chi connectivity index (χ0v) is 38.9. The first-order chi connectivity index (χ1) is 32.8. The molecular formula is C54H57ClN8O4. The number of hydrogen-bond donors (Lipinski definition) is 1. The number of pyridine rings is 2. The van der Waals surface area contributed by atoms with Crippen LogP contribution in [0.1, 0.15) is 103 Å². The van der Waals surface area contributed by atoms with E-state index in [9.17, 15) is 9.59 Å². The minimum Gasteiger partial charge on any atom is -0.490 e. The van der Waals surface area contributed by atoms with Gasteiger partial charge in [-0.1, -0.05) is 54.1 Å². The van der Waals surface area contributed by atoms with Crippen LogP contribution in [0.4, 0.5) is 5.82 Å². The van der Waals surface area contributed by atoms with Crippen LogP contribution in [0.5, 0.6) is 5.75 Å². The molecule has 2 saturated heterocycles. The Kier molecular flexibility index (Phi) is 13.2. The SMILES string of the molecule is CC(=O)N1CCc2c(c(-c3cccc4cc(-c5ccc(CCC6CCN(c7ccc(C(=O)NC8CCC(Oc9ccc(C#N)c(Cl)c9)CC8)cn7)CC6)cc5)ncc34)nn2C2CCOCC2)C1. The van der Waals surface area contributed by atoms with E-state index in [2.05, 4.69) is 69.5 Å². The number of hydrogen-bond acceptors (Lipinski definition) is 9. The monoisotopic (exact) mass is 916 g/mol. The summed E-state index contributed by atoms with van der Waals surface area (Å²) in [7, 11) is 0. The number of aryl methyl sites for hydroxylation is 1. The second kappa shape index (κ2) is 19.9. The summed E-state index contributed by atoms with van der Waals surface area (Å²) in [6.07, 6.45) is 14.2. The van der Waals surface area contributed by atoms with Crippen molar-refractivity contribution in [3.8, 4) is 34.3 Å². The molecule has 0 bridgehead atoms. The predicted molar refractivity (Wildman–Crippen MR) is 260 cm³/mol. The number of carbonyl (C=O) groups excluding carboxylic acids is 2. The number of ether oxygens (including phenoxy) is 2. The Bertz CT molecular complexity index is 2780. The van der Waals surface area contributed by atoms with Crippen molar-refractivity contribution in [3.63, 3.8) is 0 Å². The Morgan fingerprint density at radius 3 is 2.43 bits per heavy atom. The molecule has 3 aliphatic heterocycles. The number of nitrogens with zero attached hydrogens (tertiary/aromatic N) is 7. The third-order valence-electron chi connectivity index (χ3n) is 14.5. The molecular weight excluding hydrogens is 860 g/mol. The minimum absolute atomic E-state index is 0.0480. The Morgan fingerprint density at radius 1 is 0.896 bits per heavy atom. The second-order valence-electron chi connectivity index (χ2n) is 18.7. The maximum Gasteiger partial charge on any atom is 0.253 e. The van der Waals surface area contributed by atoms with E-state index in [4.69, 9.17) is 41.4 Å². The summed E-state index contributed by atoms with van der Waals surface area (Å²) in [5, 5.41) is 20.2. The first-order valence-electron chi connectivity index (χ1n) is 24.1. The largest absolute Gasteiger partial charge is 0.490 e. The first-order valence-corrected chi connectivity index (χ1v) is 24.4. The van der Waals surface area contributed by atoms with Gasteiger partial charge in [0.1, 0.15) is 17.6 Å². The van der Waals surface area contributed by atoms with Crippen LogP contribution in [-0.4, -0.2) is 81.5 Å². The lowest BCUT2D eigenvalue weighted by Crippen LogP contribution is -2.39. The number of amides is 2. The maximum absolute atomic E-state index is 13.1. The number of benzene rings is 3. The van der Waals surface area contributed by atoms with Gasteiger partial charge in [-0.2, -0.15) is 10.4 Å². The van der Waals surface area contributed by atoms with Crippen LogP contribution < -0.4 is 15.0 Å². The average molecular weight is 918 g/mol. The average Bonchev–Trinajstić information content (AvgIpc) is 3.75. The number of piperidine rings is 1. The van der Waals surface area contributed by atoms with Crippen molar-refractivity contribution in [1.82, 2.24) is 30.0 Å². The van der Waals surface area contributed by atoms with E-state index in [0.717, 1.165) is 148 Å². The highest BCUT2D eigenvalue weighted by molar-refractivity contribution is 6.31. The Balaban J connectivity index is 0.703. The normalized spacial score (nSPS) is 19.2. The molecule has 1 saturated carbocycles. The number of fused-ring (bicyclic) bond motifs is 2. The molecule has 4 aliphatic rings. The predicted octanol–water partition coefficient (Wildman–Crippen LogP) is 9.91. The second-order valence-corrected chi connectivity index (χ2v) is 19.1. The summed E-state index contributed by atoms with van der Waals surface area (Å²) in [6, 6.07) is 29.0. The van der Waals surface area contributed by atoms with E-state index >= 15 is 0 Å². The van der Waals surface area contributed by atoms with Gasteiger partial charge in [0, 0.05) is 105 Å².